The van der Waals surface area contributed by atoms with Crippen LogP contribution in [0.1, 0.15) is 25.5 Å². The van der Waals surface area contributed by atoms with E-state index >= 15 is 0 Å². The Kier molecular flexibility index (Phi) is 6.45. The molecular formula is C14H19ClN2O4. The Morgan fingerprint density at radius 2 is 1.95 bits per heavy atom. The van der Waals surface area contributed by atoms with Crippen LogP contribution < -0.4 is 5.32 Å². The highest BCUT2D eigenvalue weighted by Gasteiger charge is 2.27. The number of carbonyl (C=O) groups is 2. The molecule has 116 valence electrons. The standard InChI is InChI=1S/C14H19ClN2O4/c1-9(2)17(7-8-18)14(21)16-12(13(19)20)10-5-3-4-6-11(10)15/h3-6,9,12,18H,7-8H2,1-2H3,(H,16,21)(H,19,20)/t12-/m1/s1. The van der Waals surface area contributed by atoms with Gasteiger partial charge >= 0.3 is 12.0 Å². The Morgan fingerprint density at radius 1 is 1.33 bits per heavy atom. The fourth-order valence-corrected chi connectivity index (χ4v) is 2.13. The van der Waals surface area contributed by atoms with E-state index in [2.05, 4.69) is 5.32 Å². The SMILES string of the molecule is CC(C)N(CCO)C(=O)N[C@@H](C(=O)O)c1ccccc1Cl. The van der Waals surface area contributed by atoms with Crippen molar-refractivity contribution in [1.29, 1.82) is 0 Å². The molecule has 0 saturated carbocycles. The van der Waals surface area contributed by atoms with E-state index in [1.54, 1.807) is 38.1 Å². The molecule has 1 atom stereocenters. The van der Waals surface area contributed by atoms with Gasteiger partial charge in [0.1, 0.15) is 0 Å². The molecular weight excluding hydrogens is 296 g/mol. The maximum atomic E-state index is 12.2. The maximum absolute atomic E-state index is 12.2. The van der Waals surface area contributed by atoms with E-state index < -0.39 is 18.0 Å². The van der Waals surface area contributed by atoms with Crippen LogP contribution in [-0.4, -0.2) is 46.3 Å². The normalized spacial score (nSPS) is 12.0. The summed E-state index contributed by atoms with van der Waals surface area (Å²) < 4.78 is 0. The topological polar surface area (TPSA) is 89.9 Å². The minimum Gasteiger partial charge on any atom is -0.479 e. The van der Waals surface area contributed by atoms with Crippen LogP contribution in [0.25, 0.3) is 0 Å². The number of amides is 2. The lowest BCUT2D eigenvalue weighted by Crippen LogP contribution is -2.47. The van der Waals surface area contributed by atoms with E-state index in [1.807, 2.05) is 0 Å². The number of aliphatic carboxylic acids is 1. The minimum absolute atomic E-state index is 0.123. The van der Waals surface area contributed by atoms with Crippen molar-refractivity contribution in [3.8, 4) is 0 Å². The van der Waals surface area contributed by atoms with Crippen LogP contribution in [0, 0.1) is 0 Å². The molecule has 1 aromatic rings. The molecule has 0 aliphatic heterocycles. The second kappa shape index (κ2) is 7.85. The average Bonchev–Trinajstić information content (AvgIpc) is 2.42. The fourth-order valence-electron chi connectivity index (χ4n) is 1.89. The predicted molar refractivity (Wildman–Crippen MR) is 79.3 cm³/mol. The summed E-state index contributed by atoms with van der Waals surface area (Å²) in [5.74, 6) is -1.20. The molecule has 0 saturated heterocycles. The van der Waals surface area contributed by atoms with Crippen LogP contribution in [-0.2, 0) is 4.79 Å². The van der Waals surface area contributed by atoms with Crippen molar-refractivity contribution in [1.82, 2.24) is 10.2 Å². The van der Waals surface area contributed by atoms with E-state index in [-0.39, 0.29) is 24.2 Å². The first-order valence-corrected chi connectivity index (χ1v) is 6.91. The maximum Gasteiger partial charge on any atom is 0.331 e. The van der Waals surface area contributed by atoms with Crippen LogP contribution in [0.15, 0.2) is 24.3 Å². The number of nitrogens with zero attached hydrogens (tertiary/aromatic N) is 1. The number of hydrogen-bond donors (Lipinski definition) is 3. The molecule has 3 N–H and O–H groups in total. The van der Waals surface area contributed by atoms with Crippen LogP contribution in [0.3, 0.4) is 0 Å². The summed E-state index contributed by atoms with van der Waals surface area (Å²) in [4.78, 5) is 24.9. The van der Waals surface area contributed by atoms with Crippen LogP contribution >= 0.6 is 11.6 Å². The molecule has 1 rings (SSSR count). The van der Waals surface area contributed by atoms with Gasteiger partial charge in [0.15, 0.2) is 6.04 Å². The Balaban J connectivity index is 2.96. The zero-order valence-electron chi connectivity index (χ0n) is 11.9. The lowest BCUT2D eigenvalue weighted by atomic mass is 10.1. The summed E-state index contributed by atoms with van der Waals surface area (Å²) in [6.07, 6.45) is 0. The second-order valence-electron chi connectivity index (χ2n) is 4.75. The van der Waals surface area contributed by atoms with Crippen molar-refractivity contribution in [3.05, 3.63) is 34.9 Å². The number of rotatable bonds is 6. The molecule has 1 aromatic carbocycles. The summed E-state index contributed by atoms with van der Waals surface area (Å²) in [6.45, 7) is 3.48. The molecule has 0 bridgehead atoms. The largest absolute Gasteiger partial charge is 0.479 e. The number of carbonyl (C=O) groups excluding carboxylic acids is 1. The molecule has 21 heavy (non-hydrogen) atoms. The summed E-state index contributed by atoms with van der Waals surface area (Å²) in [6, 6.07) is 4.46. The number of halogens is 1. The summed E-state index contributed by atoms with van der Waals surface area (Å²) in [5, 5.41) is 21.0. The van der Waals surface area contributed by atoms with Gasteiger partial charge in [-0.2, -0.15) is 0 Å². The van der Waals surface area contributed by atoms with Gasteiger partial charge in [-0.05, 0) is 19.9 Å². The first-order valence-electron chi connectivity index (χ1n) is 6.53. The van der Waals surface area contributed by atoms with E-state index in [0.29, 0.717) is 5.56 Å². The molecule has 0 unspecified atom stereocenters. The number of nitrogens with one attached hydrogen (secondary N) is 1. The van der Waals surface area contributed by atoms with Crippen LogP contribution in [0.5, 0.6) is 0 Å². The van der Waals surface area contributed by atoms with Crippen molar-refractivity contribution in [3.63, 3.8) is 0 Å². The monoisotopic (exact) mass is 314 g/mol. The van der Waals surface area contributed by atoms with E-state index in [9.17, 15) is 14.7 Å². The summed E-state index contributed by atoms with van der Waals surface area (Å²) >= 11 is 5.98. The van der Waals surface area contributed by atoms with Gasteiger partial charge in [0.05, 0.1) is 6.61 Å². The predicted octanol–water partition coefficient (Wildman–Crippen LogP) is 1.88. The fraction of sp³-hybridized carbons (Fsp3) is 0.429. The third-order valence-electron chi connectivity index (χ3n) is 2.96. The quantitative estimate of drug-likeness (QED) is 0.748. The molecule has 0 aliphatic carbocycles. The molecule has 0 aliphatic rings. The van der Waals surface area contributed by atoms with Gasteiger partial charge in [0, 0.05) is 23.2 Å². The summed E-state index contributed by atoms with van der Waals surface area (Å²) in [5.41, 5.74) is 0.313. The molecule has 0 aromatic heterocycles. The number of carboxylic acid groups (broad SMARTS) is 1. The average molecular weight is 315 g/mol. The van der Waals surface area contributed by atoms with Gasteiger partial charge in [0.2, 0.25) is 0 Å². The van der Waals surface area contributed by atoms with Crippen LogP contribution in [0.2, 0.25) is 5.02 Å². The van der Waals surface area contributed by atoms with Crippen molar-refractivity contribution < 1.29 is 19.8 Å². The van der Waals surface area contributed by atoms with Gasteiger partial charge in [-0.3, -0.25) is 0 Å². The first kappa shape index (κ1) is 17.3. The lowest BCUT2D eigenvalue weighted by molar-refractivity contribution is -0.139. The molecule has 0 fully saturated rings. The number of urea groups is 1. The minimum atomic E-state index is -1.24. The zero-order chi connectivity index (χ0) is 16.0. The summed E-state index contributed by atoms with van der Waals surface area (Å²) in [7, 11) is 0. The van der Waals surface area contributed by atoms with Crippen molar-refractivity contribution in [2.45, 2.75) is 25.9 Å². The lowest BCUT2D eigenvalue weighted by Gasteiger charge is -2.28. The smallest absolute Gasteiger partial charge is 0.331 e. The Hall–Kier alpha value is -1.79. The van der Waals surface area contributed by atoms with Crippen LogP contribution in [0.4, 0.5) is 4.79 Å². The van der Waals surface area contributed by atoms with Gasteiger partial charge in [-0.1, -0.05) is 29.8 Å². The molecule has 0 radical (unpaired) electrons. The Bertz CT molecular complexity index is 508. The molecule has 0 heterocycles. The van der Waals surface area contributed by atoms with Crippen molar-refractivity contribution in [2.75, 3.05) is 13.2 Å². The third kappa shape index (κ3) is 4.61. The zero-order valence-corrected chi connectivity index (χ0v) is 12.7. The highest BCUT2D eigenvalue weighted by Crippen LogP contribution is 2.23. The highest BCUT2D eigenvalue weighted by molar-refractivity contribution is 6.31. The number of aliphatic hydroxyl groups excluding tert-OH is 1. The third-order valence-corrected chi connectivity index (χ3v) is 3.30. The van der Waals surface area contributed by atoms with Gasteiger partial charge < -0.3 is 20.4 Å². The molecule has 7 heteroatoms. The van der Waals surface area contributed by atoms with Gasteiger partial charge in [-0.15, -0.1) is 0 Å². The van der Waals surface area contributed by atoms with Gasteiger partial charge in [0.25, 0.3) is 0 Å². The molecule has 2 amide bonds. The molecule has 6 nitrogen and oxygen atoms in total. The molecule has 0 spiro atoms. The Labute approximate surface area is 128 Å². The number of carboxylic acids is 1. The number of benzene rings is 1. The highest BCUT2D eigenvalue weighted by atomic mass is 35.5. The number of hydrogen-bond acceptors (Lipinski definition) is 3. The van der Waals surface area contributed by atoms with E-state index in [1.165, 1.54) is 4.90 Å². The van der Waals surface area contributed by atoms with E-state index in [0.717, 1.165) is 0 Å². The van der Waals surface area contributed by atoms with Gasteiger partial charge in [-0.25, -0.2) is 9.59 Å². The van der Waals surface area contributed by atoms with Crippen molar-refractivity contribution >= 4 is 23.6 Å². The Morgan fingerprint density at radius 3 is 2.43 bits per heavy atom. The first-order chi connectivity index (χ1) is 9.88. The van der Waals surface area contributed by atoms with Crippen molar-refractivity contribution in [2.24, 2.45) is 0 Å². The second-order valence-corrected chi connectivity index (χ2v) is 5.16. The number of aliphatic hydroxyl groups is 1. The van der Waals surface area contributed by atoms with E-state index in [4.69, 9.17) is 16.7 Å².